The third-order valence-electron chi connectivity index (χ3n) is 14.3. The lowest BCUT2D eigenvalue weighted by molar-refractivity contribution is 0.590. The summed E-state index contributed by atoms with van der Waals surface area (Å²) in [7, 11) is 0. The lowest BCUT2D eigenvalue weighted by Crippen LogP contribution is -2.10. The summed E-state index contributed by atoms with van der Waals surface area (Å²) in [6, 6.07) is 64.5. The highest BCUT2D eigenvalue weighted by atomic mass is 15.0. The zero-order valence-electron chi connectivity index (χ0n) is 40.2. The molecule has 2 heteroatoms. The van der Waals surface area contributed by atoms with Gasteiger partial charge in [0, 0.05) is 34.6 Å². The Morgan fingerprint density at radius 2 is 0.779 bits per heavy atom. The van der Waals surface area contributed by atoms with Crippen LogP contribution in [0, 0.1) is 0 Å². The Morgan fingerprint density at radius 1 is 0.382 bits per heavy atom. The van der Waals surface area contributed by atoms with Crippen molar-refractivity contribution in [3.05, 3.63) is 241 Å². The molecule has 2 aromatic heterocycles. The summed E-state index contributed by atoms with van der Waals surface area (Å²) in [4.78, 5) is 0. The van der Waals surface area contributed by atoms with E-state index in [2.05, 4.69) is 269 Å². The molecular weight excluding hydrogens is 821 g/mol. The summed E-state index contributed by atoms with van der Waals surface area (Å²) in [6.07, 6.45) is 20.0. The molecule has 2 heterocycles. The van der Waals surface area contributed by atoms with Gasteiger partial charge in [-0.3, -0.25) is 0 Å². The predicted molar refractivity (Wildman–Crippen MR) is 291 cm³/mol. The summed E-state index contributed by atoms with van der Waals surface area (Å²) in [5, 5.41) is 4.91. The van der Waals surface area contributed by atoms with Crippen LogP contribution in [-0.2, 0) is 10.8 Å². The van der Waals surface area contributed by atoms with Gasteiger partial charge in [-0.15, -0.1) is 0 Å². The molecular formula is C66H60N2. The molecule has 0 saturated heterocycles. The average Bonchev–Trinajstić information content (AvgIpc) is 4.02. The molecule has 0 radical (unpaired) electrons. The zero-order valence-corrected chi connectivity index (χ0v) is 40.2. The Kier molecular flexibility index (Phi) is 11.0. The van der Waals surface area contributed by atoms with Crippen LogP contribution in [0.15, 0.2) is 218 Å². The van der Waals surface area contributed by atoms with Crippen LogP contribution in [0.1, 0.15) is 88.7 Å². The van der Waals surface area contributed by atoms with E-state index in [9.17, 15) is 0 Å². The number of allylic oxidation sites excluding steroid dienone is 8. The Bertz CT molecular complexity index is 3190. The fourth-order valence-corrected chi connectivity index (χ4v) is 10.6. The Labute approximate surface area is 403 Å². The Morgan fingerprint density at radius 3 is 1.13 bits per heavy atom. The highest BCUT2D eigenvalue weighted by Crippen LogP contribution is 2.44. The molecule has 9 aromatic rings. The van der Waals surface area contributed by atoms with Gasteiger partial charge in [0.25, 0.3) is 0 Å². The number of hydrogen-bond acceptors (Lipinski definition) is 0. The third-order valence-corrected chi connectivity index (χ3v) is 14.3. The molecule has 0 N–H and O–H groups in total. The van der Waals surface area contributed by atoms with Crippen molar-refractivity contribution >= 4 is 21.5 Å². The molecule has 2 atom stereocenters. The van der Waals surface area contributed by atoms with Crippen LogP contribution in [0.25, 0.3) is 77.7 Å². The van der Waals surface area contributed by atoms with Crippen LogP contribution in [0.4, 0.5) is 0 Å². The molecule has 68 heavy (non-hydrogen) atoms. The summed E-state index contributed by atoms with van der Waals surface area (Å²) in [6.45, 7) is 13.8. The third kappa shape index (κ3) is 8.13. The second-order valence-electron chi connectivity index (χ2n) is 20.9. The molecule has 2 aliphatic carbocycles. The van der Waals surface area contributed by atoms with Crippen molar-refractivity contribution in [2.24, 2.45) is 0 Å². The van der Waals surface area contributed by atoms with Crippen molar-refractivity contribution in [3.63, 3.8) is 0 Å². The van der Waals surface area contributed by atoms with Crippen molar-refractivity contribution in [2.45, 2.75) is 77.0 Å². The number of aromatic nitrogens is 2. The van der Waals surface area contributed by atoms with Gasteiger partial charge in [0.15, 0.2) is 0 Å². The van der Waals surface area contributed by atoms with Gasteiger partial charge in [-0.25, -0.2) is 0 Å². The first kappa shape index (κ1) is 43.2. The van der Waals surface area contributed by atoms with Gasteiger partial charge in [-0.1, -0.05) is 199 Å². The molecule has 2 unspecified atom stereocenters. The molecule has 0 fully saturated rings. The van der Waals surface area contributed by atoms with Gasteiger partial charge >= 0.3 is 0 Å². The molecule has 0 amide bonds. The first-order valence-corrected chi connectivity index (χ1v) is 24.5. The number of benzene rings is 7. The molecule has 334 valence electrons. The maximum atomic E-state index is 2.53. The van der Waals surface area contributed by atoms with Crippen LogP contribution in [0.5, 0.6) is 0 Å². The number of nitrogens with zero attached hydrogens (tertiary/aromatic N) is 2. The van der Waals surface area contributed by atoms with E-state index in [1.807, 2.05) is 0 Å². The minimum Gasteiger partial charge on any atom is -0.313 e. The molecule has 0 aliphatic heterocycles. The van der Waals surface area contributed by atoms with Gasteiger partial charge in [-0.2, -0.15) is 0 Å². The van der Waals surface area contributed by atoms with Crippen LogP contribution in [0.2, 0.25) is 0 Å². The Balaban J connectivity index is 1.21. The Hall–Kier alpha value is -7.42. The van der Waals surface area contributed by atoms with E-state index in [0.717, 1.165) is 12.8 Å². The normalized spacial score (nSPS) is 16.0. The molecule has 0 spiro atoms. The summed E-state index contributed by atoms with van der Waals surface area (Å²) in [5.41, 5.74) is 17.4. The summed E-state index contributed by atoms with van der Waals surface area (Å²) < 4.78 is 5.06. The SMILES string of the molecule is CC(C)(C)c1ccc(-c2cc(-n3c(-c4ccccc4)ccc3C3C=CC=CC3)cc3cc4c(-c5ccc(C(C)(C)C)cc5)cc(-n5c(-c6ccccc6)ccc5C5C=CC=CC5)cc4cc23)cc1. The van der Waals surface area contributed by atoms with Crippen LogP contribution >= 0.6 is 0 Å². The fourth-order valence-electron chi connectivity index (χ4n) is 10.6. The van der Waals surface area contributed by atoms with Crippen LogP contribution < -0.4 is 0 Å². The molecule has 2 aliphatic rings. The van der Waals surface area contributed by atoms with E-state index in [1.165, 1.54) is 100 Å². The number of hydrogen-bond donors (Lipinski definition) is 0. The second-order valence-corrected chi connectivity index (χ2v) is 20.9. The largest absolute Gasteiger partial charge is 0.313 e. The summed E-state index contributed by atoms with van der Waals surface area (Å²) >= 11 is 0. The van der Waals surface area contributed by atoms with Gasteiger partial charge in [0.05, 0.1) is 11.4 Å². The smallest absolute Gasteiger partial charge is 0.0531 e. The van der Waals surface area contributed by atoms with Crippen molar-refractivity contribution in [1.29, 1.82) is 0 Å². The van der Waals surface area contributed by atoms with Crippen molar-refractivity contribution in [3.8, 4) is 56.1 Å². The van der Waals surface area contributed by atoms with E-state index in [-0.39, 0.29) is 22.7 Å². The summed E-state index contributed by atoms with van der Waals surface area (Å²) in [5.74, 6) is 0.528. The first-order valence-electron chi connectivity index (χ1n) is 24.5. The maximum absolute atomic E-state index is 2.53. The van der Waals surface area contributed by atoms with Gasteiger partial charge in [-0.05, 0) is 150 Å². The maximum Gasteiger partial charge on any atom is 0.0531 e. The molecule has 7 aromatic carbocycles. The van der Waals surface area contributed by atoms with Gasteiger partial charge in [0.2, 0.25) is 0 Å². The zero-order chi connectivity index (χ0) is 46.6. The number of rotatable bonds is 8. The minimum atomic E-state index is 0.0444. The number of fused-ring (bicyclic) bond motifs is 2. The highest BCUT2D eigenvalue weighted by Gasteiger charge is 2.24. The van der Waals surface area contributed by atoms with Crippen molar-refractivity contribution in [2.75, 3.05) is 0 Å². The molecule has 2 nitrogen and oxygen atoms in total. The lowest BCUT2D eigenvalue weighted by atomic mass is 9.85. The quantitative estimate of drug-likeness (QED) is 0.135. The standard InChI is InChI=1S/C66H60N2/c1-65(2,3)53-31-27-45(28-32-53)59-43-55(67-61(47-19-11-7-12-20-47)35-36-62(67)48-21-13-8-14-22-48)39-51-42-58-52(41-57(51)59)40-56(44-60(58)46-29-33-54(34-30-46)66(4,5)6)68-63(49-23-15-9-16-24-49)37-38-64(68)50-25-17-10-18-26-50/h7-21,23-25,27-44,48,50H,22,26H2,1-6H3. The van der Waals surface area contributed by atoms with E-state index in [0.29, 0.717) is 0 Å². The van der Waals surface area contributed by atoms with Crippen LogP contribution in [0.3, 0.4) is 0 Å². The minimum absolute atomic E-state index is 0.0444. The molecule has 0 bridgehead atoms. The van der Waals surface area contributed by atoms with E-state index >= 15 is 0 Å². The van der Waals surface area contributed by atoms with E-state index in [4.69, 9.17) is 0 Å². The molecule has 0 saturated carbocycles. The topological polar surface area (TPSA) is 9.86 Å². The second kappa shape index (κ2) is 17.3. The van der Waals surface area contributed by atoms with Gasteiger partial charge in [0.1, 0.15) is 0 Å². The van der Waals surface area contributed by atoms with Gasteiger partial charge < -0.3 is 9.13 Å². The first-order chi connectivity index (χ1) is 33.0. The highest BCUT2D eigenvalue weighted by molar-refractivity contribution is 6.10. The molecule has 11 rings (SSSR count). The average molecular weight is 881 g/mol. The predicted octanol–water partition coefficient (Wildman–Crippen LogP) is 18.0. The van der Waals surface area contributed by atoms with Crippen molar-refractivity contribution in [1.82, 2.24) is 9.13 Å². The lowest BCUT2D eigenvalue weighted by Gasteiger charge is -2.23. The fraction of sp³-hybridized carbons (Fsp3) is 0.182. The van der Waals surface area contributed by atoms with E-state index in [1.54, 1.807) is 0 Å². The van der Waals surface area contributed by atoms with E-state index < -0.39 is 0 Å². The van der Waals surface area contributed by atoms with Crippen LogP contribution in [-0.4, -0.2) is 9.13 Å². The van der Waals surface area contributed by atoms with Crippen molar-refractivity contribution < 1.29 is 0 Å². The monoisotopic (exact) mass is 880 g/mol.